The smallest absolute Gasteiger partial charge is 0.163 e. The van der Waals surface area contributed by atoms with E-state index in [1.807, 2.05) is 37.4 Å². The molecule has 4 rings (SSSR count). The van der Waals surface area contributed by atoms with Gasteiger partial charge in [0.05, 0.1) is 18.5 Å². The van der Waals surface area contributed by atoms with Gasteiger partial charge in [-0.2, -0.15) is 0 Å². The van der Waals surface area contributed by atoms with Crippen LogP contribution in [0, 0.1) is 0 Å². The van der Waals surface area contributed by atoms with Gasteiger partial charge >= 0.3 is 0 Å². The summed E-state index contributed by atoms with van der Waals surface area (Å²) in [5.74, 6) is 1.48. The lowest BCUT2D eigenvalue weighted by Gasteiger charge is -2.33. The lowest BCUT2D eigenvalue weighted by Crippen LogP contribution is -2.24. The Morgan fingerprint density at radius 1 is 0.967 bits per heavy atom. The zero-order chi connectivity index (χ0) is 20.9. The van der Waals surface area contributed by atoms with Crippen LogP contribution in [0.25, 0.3) is 0 Å². The standard InChI is InChI=1S/C24H25ClN2O2S/c1-26-11-6-12-27-19-13-18(25)9-10-23(19)30-24-15-21(28-2)22(14-20(24)27)29-16-17-7-4-3-5-8-17/h3-5,7-10,13-15,26H,6,11-12,16H2,1-2H3. The fourth-order valence-electron chi connectivity index (χ4n) is 3.52. The van der Waals surface area contributed by atoms with E-state index in [1.165, 1.54) is 4.90 Å². The predicted octanol–water partition coefficient (Wildman–Crippen LogP) is 6.14. The largest absolute Gasteiger partial charge is 0.493 e. The lowest BCUT2D eigenvalue weighted by atomic mass is 10.2. The Kier molecular flexibility index (Phi) is 6.72. The van der Waals surface area contributed by atoms with Gasteiger partial charge in [0, 0.05) is 33.5 Å². The van der Waals surface area contributed by atoms with Gasteiger partial charge in [-0.15, -0.1) is 0 Å². The molecule has 0 amide bonds. The van der Waals surface area contributed by atoms with Gasteiger partial charge in [-0.1, -0.05) is 53.7 Å². The molecule has 6 heteroatoms. The van der Waals surface area contributed by atoms with Crippen molar-refractivity contribution in [2.24, 2.45) is 0 Å². The van der Waals surface area contributed by atoms with Gasteiger partial charge in [-0.25, -0.2) is 0 Å². The summed E-state index contributed by atoms with van der Waals surface area (Å²) in [5, 5.41) is 3.97. The number of nitrogens with zero attached hydrogens (tertiary/aromatic N) is 1. The third-order valence-electron chi connectivity index (χ3n) is 5.01. The molecule has 0 aromatic heterocycles. The van der Waals surface area contributed by atoms with Crippen LogP contribution in [0.4, 0.5) is 11.4 Å². The Hall–Kier alpha value is -2.34. The first kappa shape index (κ1) is 20.9. The zero-order valence-corrected chi connectivity index (χ0v) is 18.7. The zero-order valence-electron chi connectivity index (χ0n) is 17.2. The number of nitrogens with one attached hydrogen (secondary N) is 1. The molecular formula is C24H25ClN2O2S. The Balaban J connectivity index is 1.69. The molecule has 1 N–H and O–H groups in total. The van der Waals surface area contributed by atoms with Gasteiger partial charge in [-0.3, -0.25) is 0 Å². The van der Waals surface area contributed by atoms with E-state index in [2.05, 4.69) is 40.5 Å². The fraction of sp³-hybridized carbons (Fsp3) is 0.250. The quantitative estimate of drug-likeness (QED) is 0.425. The molecular weight excluding hydrogens is 416 g/mol. The van der Waals surface area contributed by atoms with Gasteiger partial charge in [-0.05, 0) is 43.8 Å². The summed E-state index contributed by atoms with van der Waals surface area (Å²) in [6.07, 6.45) is 1.01. The third kappa shape index (κ3) is 4.53. The van der Waals surface area contributed by atoms with Gasteiger partial charge < -0.3 is 19.7 Å². The van der Waals surface area contributed by atoms with Gasteiger partial charge in [0.1, 0.15) is 6.61 Å². The second-order valence-corrected chi connectivity index (χ2v) is 8.59. The number of anilines is 2. The molecule has 0 saturated carbocycles. The average Bonchev–Trinajstić information content (AvgIpc) is 2.78. The maximum Gasteiger partial charge on any atom is 0.163 e. The highest BCUT2D eigenvalue weighted by atomic mass is 35.5. The van der Waals surface area contributed by atoms with Crippen LogP contribution >= 0.6 is 23.4 Å². The van der Waals surface area contributed by atoms with E-state index in [9.17, 15) is 0 Å². The number of fused-ring (bicyclic) bond motifs is 2. The fourth-order valence-corrected chi connectivity index (χ4v) is 4.77. The van der Waals surface area contributed by atoms with Crippen LogP contribution in [-0.4, -0.2) is 27.2 Å². The van der Waals surface area contributed by atoms with Crippen molar-refractivity contribution >= 4 is 34.7 Å². The summed E-state index contributed by atoms with van der Waals surface area (Å²) in [5.41, 5.74) is 3.37. The van der Waals surface area contributed by atoms with Crippen LogP contribution in [0.1, 0.15) is 12.0 Å². The highest BCUT2D eigenvalue weighted by Crippen LogP contribution is 2.52. The highest BCUT2D eigenvalue weighted by Gasteiger charge is 2.26. The van der Waals surface area contributed by atoms with E-state index in [1.54, 1.807) is 18.9 Å². The number of methoxy groups -OCH3 is 1. The molecule has 30 heavy (non-hydrogen) atoms. The molecule has 0 aliphatic carbocycles. The molecule has 0 fully saturated rings. The molecule has 0 unspecified atom stereocenters. The molecule has 3 aromatic rings. The Morgan fingerprint density at radius 2 is 1.77 bits per heavy atom. The molecule has 1 aliphatic heterocycles. The summed E-state index contributed by atoms with van der Waals surface area (Å²) in [6.45, 7) is 2.32. The van der Waals surface area contributed by atoms with Crippen molar-refractivity contribution in [1.29, 1.82) is 0 Å². The first-order chi connectivity index (χ1) is 14.7. The summed E-state index contributed by atoms with van der Waals surface area (Å²) in [6, 6.07) is 20.4. The summed E-state index contributed by atoms with van der Waals surface area (Å²) >= 11 is 8.07. The van der Waals surface area contributed by atoms with E-state index in [0.29, 0.717) is 6.61 Å². The summed E-state index contributed by atoms with van der Waals surface area (Å²) < 4.78 is 11.8. The Bertz CT molecular complexity index is 1010. The number of hydrogen-bond acceptors (Lipinski definition) is 5. The van der Waals surface area contributed by atoms with Crippen molar-refractivity contribution in [1.82, 2.24) is 5.32 Å². The van der Waals surface area contributed by atoms with Crippen molar-refractivity contribution in [3.05, 3.63) is 71.2 Å². The molecule has 3 aromatic carbocycles. The monoisotopic (exact) mass is 440 g/mol. The van der Waals surface area contributed by atoms with E-state index in [4.69, 9.17) is 21.1 Å². The summed E-state index contributed by atoms with van der Waals surface area (Å²) in [4.78, 5) is 4.67. The normalized spacial score (nSPS) is 12.3. The van der Waals surface area contributed by atoms with Gasteiger partial charge in [0.2, 0.25) is 0 Å². The van der Waals surface area contributed by atoms with Crippen molar-refractivity contribution in [2.45, 2.75) is 22.8 Å². The topological polar surface area (TPSA) is 33.7 Å². The first-order valence-corrected chi connectivity index (χ1v) is 11.2. The van der Waals surface area contributed by atoms with Crippen LogP contribution in [0.2, 0.25) is 5.02 Å². The molecule has 0 atom stereocenters. The van der Waals surface area contributed by atoms with Gasteiger partial charge in [0.15, 0.2) is 11.5 Å². The van der Waals surface area contributed by atoms with Crippen molar-refractivity contribution in [3.8, 4) is 11.5 Å². The molecule has 1 heterocycles. The second kappa shape index (κ2) is 9.65. The first-order valence-electron chi connectivity index (χ1n) is 9.98. The van der Waals surface area contributed by atoms with E-state index in [0.717, 1.165) is 57.9 Å². The number of ether oxygens (including phenoxy) is 2. The number of benzene rings is 3. The van der Waals surface area contributed by atoms with Crippen LogP contribution in [0.3, 0.4) is 0 Å². The highest BCUT2D eigenvalue weighted by molar-refractivity contribution is 7.99. The van der Waals surface area contributed by atoms with Crippen molar-refractivity contribution < 1.29 is 9.47 Å². The number of halogens is 1. The Morgan fingerprint density at radius 3 is 2.53 bits per heavy atom. The molecule has 0 bridgehead atoms. The predicted molar refractivity (Wildman–Crippen MR) is 125 cm³/mol. The second-order valence-electron chi connectivity index (χ2n) is 7.07. The van der Waals surface area contributed by atoms with Crippen LogP contribution < -0.4 is 19.7 Å². The minimum Gasteiger partial charge on any atom is -0.493 e. The molecule has 0 saturated heterocycles. The number of rotatable bonds is 8. The van der Waals surface area contributed by atoms with E-state index in [-0.39, 0.29) is 0 Å². The van der Waals surface area contributed by atoms with Gasteiger partial charge in [0.25, 0.3) is 0 Å². The minimum atomic E-state index is 0.491. The molecule has 1 aliphatic rings. The molecule has 0 radical (unpaired) electrons. The van der Waals surface area contributed by atoms with Crippen LogP contribution in [-0.2, 0) is 6.61 Å². The number of hydrogen-bond donors (Lipinski definition) is 1. The van der Waals surface area contributed by atoms with Crippen molar-refractivity contribution in [3.63, 3.8) is 0 Å². The molecule has 0 spiro atoms. The third-order valence-corrected chi connectivity index (χ3v) is 6.36. The average molecular weight is 441 g/mol. The maximum atomic E-state index is 6.33. The van der Waals surface area contributed by atoms with Crippen LogP contribution in [0.5, 0.6) is 11.5 Å². The minimum absolute atomic E-state index is 0.491. The Labute approximate surface area is 187 Å². The SMILES string of the molecule is CNCCCN1c2cc(Cl)ccc2Sc2cc(OC)c(OCc3ccccc3)cc21. The van der Waals surface area contributed by atoms with E-state index >= 15 is 0 Å². The van der Waals surface area contributed by atoms with E-state index < -0.39 is 0 Å². The molecule has 156 valence electrons. The van der Waals surface area contributed by atoms with Crippen molar-refractivity contribution in [2.75, 3.05) is 32.1 Å². The maximum absolute atomic E-state index is 6.33. The summed E-state index contributed by atoms with van der Waals surface area (Å²) in [7, 11) is 3.66. The molecule has 4 nitrogen and oxygen atoms in total. The lowest BCUT2D eigenvalue weighted by molar-refractivity contribution is 0.284. The van der Waals surface area contributed by atoms with Crippen LogP contribution in [0.15, 0.2) is 70.5 Å².